The molecule has 0 unspecified atom stereocenters. The summed E-state index contributed by atoms with van der Waals surface area (Å²) in [6, 6.07) is 15.7. The number of ether oxygens (including phenoxy) is 1. The first kappa shape index (κ1) is 12.1. The Morgan fingerprint density at radius 3 is 2.41 bits per heavy atom. The average molecular weight is 292 g/mol. The highest BCUT2D eigenvalue weighted by Crippen LogP contribution is 2.27. The third kappa shape index (κ3) is 3.32. The second-order valence-corrected chi connectivity index (χ2v) is 4.56. The van der Waals surface area contributed by atoms with Gasteiger partial charge in [0.2, 0.25) is 0 Å². The molecule has 2 rings (SSSR count). The van der Waals surface area contributed by atoms with E-state index < -0.39 is 0 Å². The zero-order valence-electron chi connectivity index (χ0n) is 9.40. The van der Waals surface area contributed by atoms with Crippen LogP contribution in [0.5, 0.6) is 11.5 Å². The summed E-state index contributed by atoms with van der Waals surface area (Å²) >= 11 is 3.53. The molecule has 0 saturated heterocycles. The molecule has 3 heteroatoms. The van der Waals surface area contributed by atoms with Gasteiger partial charge >= 0.3 is 0 Å². The fourth-order valence-electron chi connectivity index (χ4n) is 1.57. The number of para-hydroxylation sites is 1. The molecule has 2 aromatic carbocycles. The maximum atomic E-state index is 5.73. The molecule has 0 heterocycles. The maximum Gasteiger partial charge on any atom is 0.128 e. The lowest BCUT2D eigenvalue weighted by Crippen LogP contribution is -2.03. The Hall–Kier alpha value is -1.32. The van der Waals surface area contributed by atoms with Crippen LogP contribution >= 0.6 is 15.9 Å². The number of hydrogen-bond acceptors (Lipinski definition) is 2. The van der Waals surface area contributed by atoms with Crippen molar-refractivity contribution in [2.45, 2.75) is 6.42 Å². The SMILES string of the molecule is NCCc1ccc(Oc2ccccc2)cc1Br. The molecule has 0 aliphatic rings. The lowest BCUT2D eigenvalue weighted by Gasteiger charge is -2.08. The van der Waals surface area contributed by atoms with E-state index >= 15 is 0 Å². The molecule has 0 aromatic heterocycles. The van der Waals surface area contributed by atoms with Crippen LogP contribution in [-0.2, 0) is 6.42 Å². The Morgan fingerprint density at radius 1 is 1.00 bits per heavy atom. The summed E-state index contributed by atoms with van der Waals surface area (Å²) in [6.45, 7) is 0.650. The van der Waals surface area contributed by atoms with Crippen molar-refractivity contribution in [3.05, 3.63) is 58.6 Å². The van der Waals surface area contributed by atoms with Gasteiger partial charge in [-0.3, -0.25) is 0 Å². The van der Waals surface area contributed by atoms with Gasteiger partial charge in [0.25, 0.3) is 0 Å². The lowest BCUT2D eigenvalue weighted by atomic mass is 10.1. The molecule has 0 fully saturated rings. The quantitative estimate of drug-likeness (QED) is 0.931. The van der Waals surface area contributed by atoms with Crippen LogP contribution in [0.4, 0.5) is 0 Å². The predicted molar refractivity (Wildman–Crippen MR) is 73.4 cm³/mol. The van der Waals surface area contributed by atoms with E-state index in [-0.39, 0.29) is 0 Å². The molecule has 2 nitrogen and oxygen atoms in total. The summed E-state index contributed by atoms with van der Waals surface area (Å²) in [5, 5.41) is 0. The van der Waals surface area contributed by atoms with Gasteiger partial charge in [-0.1, -0.05) is 40.2 Å². The van der Waals surface area contributed by atoms with Crippen LogP contribution in [0.25, 0.3) is 0 Å². The first-order valence-electron chi connectivity index (χ1n) is 5.51. The van der Waals surface area contributed by atoms with Crippen molar-refractivity contribution < 1.29 is 4.74 Å². The first-order chi connectivity index (χ1) is 8.29. The molecular weight excluding hydrogens is 278 g/mol. The van der Waals surface area contributed by atoms with Gasteiger partial charge in [0.05, 0.1) is 0 Å². The van der Waals surface area contributed by atoms with Gasteiger partial charge in [-0.05, 0) is 42.8 Å². The summed E-state index contributed by atoms with van der Waals surface area (Å²) in [6.07, 6.45) is 0.867. The van der Waals surface area contributed by atoms with Crippen molar-refractivity contribution in [3.63, 3.8) is 0 Å². The van der Waals surface area contributed by atoms with Gasteiger partial charge in [-0.2, -0.15) is 0 Å². The highest BCUT2D eigenvalue weighted by molar-refractivity contribution is 9.10. The van der Waals surface area contributed by atoms with Crippen molar-refractivity contribution in [2.75, 3.05) is 6.54 Å². The Kier molecular flexibility index (Phi) is 4.18. The highest BCUT2D eigenvalue weighted by Gasteiger charge is 2.02. The molecule has 2 N–H and O–H groups in total. The van der Waals surface area contributed by atoms with Crippen LogP contribution in [0, 0.1) is 0 Å². The molecule has 0 aliphatic heterocycles. The van der Waals surface area contributed by atoms with Gasteiger partial charge in [-0.25, -0.2) is 0 Å². The van der Waals surface area contributed by atoms with Gasteiger partial charge < -0.3 is 10.5 Å². The van der Waals surface area contributed by atoms with Crippen LogP contribution in [-0.4, -0.2) is 6.54 Å². The van der Waals surface area contributed by atoms with Gasteiger partial charge in [0.15, 0.2) is 0 Å². The summed E-state index contributed by atoms with van der Waals surface area (Å²) in [4.78, 5) is 0. The minimum Gasteiger partial charge on any atom is -0.457 e. The van der Waals surface area contributed by atoms with Crippen LogP contribution in [0.1, 0.15) is 5.56 Å². The topological polar surface area (TPSA) is 35.2 Å². The largest absolute Gasteiger partial charge is 0.457 e. The number of halogens is 1. The summed E-state index contributed by atoms with van der Waals surface area (Å²) < 4.78 is 6.77. The minimum atomic E-state index is 0.650. The van der Waals surface area contributed by atoms with Gasteiger partial charge in [0, 0.05) is 4.47 Å². The molecule has 0 saturated carbocycles. The van der Waals surface area contributed by atoms with Crippen LogP contribution in [0.3, 0.4) is 0 Å². The molecule has 0 atom stereocenters. The Morgan fingerprint density at radius 2 is 1.76 bits per heavy atom. The van der Waals surface area contributed by atoms with E-state index in [9.17, 15) is 0 Å². The van der Waals surface area contributed by atoms with Crippen molar-refractivity contribution in [2.24, 2.45) is 5.73 Å². The van der Waals surface area contributed by atoms with E-state index in [4.69, 9.17) is 10.5 Å². The van der Waals surface area contributed by atoms with Crippen molar-refractivity contribution in [3.8, 4) is 11.5 Å². The fourth-order valence-corrected chi connectivity index (χ4v) is 2.13. The molecule has 0 aliphatic carbocycles. The zero-order chi connectivity index (χ0) is 12.1. The van der Waals surface area contributed by atoms with E-state index in [2.05, 4.69) is 15.9 Å². The third-order valence-electron chi connectivity index (χ3n) is 2.42. The molecule has 88 valence electrons. The Labute approximate surface area is 110 Å². The molecule has 0 amide bonds. The predicted octanol–water partition coefficient (Wildman–Crippen LogP) is 3.74. The van der Waals surface area contributed by atoms with Gasteiger partial charge in [0.1, 0.15) is 11.5 Å². The number of benzene rings is 2. The Balaban J connectivity index is 2.15. The van der Waals surface area contributed by atoms with E-state index in [0.717, 1.165) is 22.4 Å². The highest BCUT2D eigenvalue weighted by atomic mass is 79.9. The maximum absolute atomic E-state index is 5.73. The van der Waals surface area contributed by atoms with Crippen molar-refractivity contribution in [1.82, 2.24) is 0 Å². The average Bonchev–Trinajstić information content (AvgIpc) is 2.34. The van der Waals surface area contributed by atoms with Crippen molar-refractivity contribution >= 4 is 15.9 Å². The van der Waals surface area contributed by atoms with E-state index in [0.29, 0.717) is 6.54 Å². The normalized spacial score (nSPS) is 10.2. The molecular formula is C14H14BrNO. The molecule has 0 radical (unpaired) electrons. The fraction of sp³-hybridized carbons (Fsp3) is 0.143. The van der Waals surface area contributed by atoms with E-state index in [1.807, 2.05) is 48.5 Å². The smallest absolute Gasteiger partial charge is 0.128 e. The molecule has 17 heavy (non-hydrogen) atoms. The minimum absolute atomic E-state index is 0.650. The standard InChI is InChI=1S/C14H14BrNO/c15-14-10-13(7-6-11(14)8-9-16)17-12-4-2-1-3-5-12/h1-7,10H,8-9,16H2. The van der Waals surface area contributed by atoms with Crippen LogP contribution in [0.2, 0.25) is 0 Å². The molecule has 0 spiro atoms. The zero-order valence-corrected chi connectivity index (χ0v) is 11.0. The van der Waals surface area contributed by atoms with E-state index in [1.54, 1.807) is 0 Å². The van der Waals surface area contributed by atoms with Gasteiger partial charge in [-0.15, -0.1) is 0 Å². The van der Waals surface area contributed by atoms with Crippen LogP contribution < -0.4 is 10.5 Å². The second-order valence-electron chi connectivity index (χ2n) is 3.71. The lowest BCUT2D eigenvalue weighted by molar-refractivity contribution is 0.482. The summed E-state index contributed by atoms with van der Waals surface area (Å²) in [7, 11) is 0. The first-order valence-corrected chi connectivity index (χ1v) is 6.30. The third-order valence-corrected chi connectivity index (χ3v) is 3.16. The second kappa shape index (κ2) is 5.84. The molecule has 0 bridgehead atoms. The monoisotopic (exact) mass is 291 g/mol. The molecule has 2 aromatic rings. The number of rotatable bonds is 4. The van der Waals surface area contributed by atoms with E-state index in [1.165, 1.54) is 5.56 Å². The Bertz CT molecular complexity index is 485. The number of hydrogen-bond donors (Lipinski definition) is 1. The summed E-state index contributed by atoms with van der Waals surface area (Å²) in [5.41, 5.74) is 6.74. The number of nitrogens with two attached hydrogens (primary N) is 1. The van der Waals surface area contributed by atoms with Crippen LogP contribution in [0.15, 0.2) is 53.0 Å². The summed E-state index contributed by atoms with van der Waals surface area (Å²) in [5.74, 6) is 1.66. The van der Waals surface area contributed by atoms with Crippen molar-refractivity contribution in [1.29, 1.82) is 0 Å².